The first-order chi connectivity index (χ1) is 12.2. The number of hydrogen-bond acceptors (Lipinski definition) is 5. The van der Waals surface area contributed by atoms with Gasteiger partial charge in [-0.2, -0.15) is 0 Å². The average molecular weight is 361 g/mol. The van der Waals surface area contributed by atoms with Crippen molar-refractivity contribution in [3.8, 4) is 0 Å². The maximum atomic E-state index is 12.2. The third-order valence-corrected chi connectivity index (χ3v) is 4.21. The van der Waals surface area contributed by atoms with Crippen LogP contribution in [-0.4, -0.2) is 47.3 Å². The quantitative estimate of drug-likeness (QED) is 0.730. The number of nitrogens with zero attached hydrogens (tertiary/aromatic N) is 1. The largest absolute Gasteiger partial charge is 0.452 e. The molecule has 0 radical (unpaired) electrons. The van der Waals surface area contributed by atoms with Crippen molar-refractivity contribution in [1.82, 2.24) is 4.90 Å². The summed E-state index contributed by atoms with van der Waals surface area (Å²) in [5.41, 5.74) is 5.93. The highest BCUT2D eigenvalue weighted by atomic mass is 16.5. The molecule has 1 aliphatic rings. The van der Waals surface area contributed by atoms with Crippen molar-refractivity contribution in [1.29, 1.82) is 0 Å². The molecular weight excluding hydrogens is 338 g/mol. The highest BCUT2D eigenvalue weighted by Gasteiger charge is 2.37. The molecule has 140 valence electrons. The van der Waals surface area contributed by atoms with Crippen LogP contribution in [0, 0.1) is 5.92 Å². The van der Waals surface area contributed by atoms with Gasteiger partial charge in [-0.05, 0) is 45.0 Å². The van der Waals surface area contributed by atoms with Crippen LogP contribution >= 0.6 is 0 Å². The predicted molar refractivity (Wildman–Crippen MR) is 94.1 cm³/mol. The van der Waals surface area contributed by atoms with E-state index < -0.39 is 29.8 Å². The maximum Gasteiger partial charge on any atom is 0.312 e. The van der Waals surface area contributed by atoms with Crippen LogP contribution in [0.1, 0.15) is 37.6 Å². The predicted octanol–water partition coefficient (Wildman–Crippen LogP) is 0.913. The zero-order valence-electron chi connectivity index (χ0n) is 15.0. The van der Waals surface area contributed by atoms with E-state index in [4.69, 9.17) is 10.5 Å². The zero-order valence-corrected chi connectivity index (χ0v) is 15.0. The highest BCUT2D eigenvalue weighted by molar-refractivity contribution is 5.97. The van der Waals surface area contributed by atoms with Gasteiger partial charge in [0.2, 0.25) is 11.8 Å². The molecule has 3 N–H and O–H groups in total. The number of benzene rings is 1. The van der Waals surface area contributed by atoms with Crippen LogP contribution in [0.15, 0.2) is 24.3 Å². The number of ether oxygens (including phenoxy) is 1. The number of carbonyl (C=O) groups excluding carboxylic acids is 4. The first kappa shape index (κ1) is 19.4. The minimum absolute atomic E-state index is 0.0180. The number of nitrogens with two attached hydrogens (primary N) is 1. The molecule has 8 heteroatoms. The molecule has 8 nitrogen and oxygen atoms in total. The first-order valence-corrected chi connectivity index (χ1v) is 8.39. The second kappa shape index (κ2) is 7.99. The van der Waals surface area contributed by atoms with Crippen LogP contribution in [0.4, 0.5) is 5.69 Å². The van der Waals surface area contributed by atoms with Gasteiger partial charge in [-0.15, -0.1) is 0 Å². The number of amides is 3. The molecule has 0 bridgehead atoms. The summed E-state index contributed by atoms with van der Waals surface area (Å²) in [5, 5.41) is 2.59. The number of hydrogen-bond donors (Lipinski definition) is 2. The van der Waals surface area contributed by atoms with Gasteiger partial charge in [0.05, 0.1) is 5.92 Å². The Hall–Kier alpha value is -2.90. The summed E-state index contributed by atoms with van der Waals surface area (Å²) in [4.78, 5) is 48.9. The third-order valence-electron chi connectivity index (χ3n) is 4.21. The second-order valence-electron chi connectivity index (χ2n) is 6.55. The van der Waals surface area contributed by atoms with E-state index in [1.54, 1.807) is 4.90 Å². The Labute approximate surface area is 151 Å². The molecule has 2 unspecified atom stereocenters. The number of primary amides is 1. The van der Waals surface area contributed by atoms with Crippen LogP contribution < -0.4 is 11.1 Å². The Bertz CT molecular complexity index is 714. The van der Waals surface area contributed by atoms with E-state index in [1.807, 2.05) is 13.8 Å². The van der Waals surface area contributed by atoms with Crippen molar-refractivity contribution in [2.75, 3.05) is 11.9 Å². The molecular formula is C18H23N3O5. The van der Waals surface area contributed by atoms with Crippen molar-refractivity contribution < 1.29 is 23.9 Å². The third kappa shape index (κ3) is 4.59. The Morgan fingerprint density at radius 1 is 1.19 bits per heavy atom. The van der Waals surface area contributed by atoms with E-state index in [9.17, 15) is 19.2 Å². The lowest BCUT2D eigenvalue weighted by Gasteiger charge is -2.21. The van der Waals surface area contributed by atoms with Crippen molar-refractivity contribution in [2.24, 2.45) is 11.7 Å². The van der Waals surface area contributed by atoms with Gasteiger partial charge in [0.1, 0.15) is 0 Å². The highest BCUT2D eigenvalue weighted by Crippen LogP contribution is 2.22. The van der Waals surface area contributed by atoms with Crippen LogP contribution in [0.25, 0.3) is 0 Å². The summed E-state index contributed by atoms with van der Waals surface area (Å²) in [5.74, 6) is -2.28. The fraction of sp³-hybridized carbons (Fsp3) is 0.444. The minimum atomic E-state index is -1.01. The van der Waals surface area contributed by atoms with Gasteiger partial charge in [0.15, 0.2) is 6.10 Å². The van der Waals surface area contributed by atoms with Crippen LogP contribution in [0.3, 0.4) is 0 Å². The summed E-state index contributed by atoms with van der Waals surface area (Å²) in [7, 11) is 0. The molecule has 3 amide bonds. The molecule has 1 fully saturated rings. The van der Waals surface area contributed by atoms with E-state index in [1.165, 1.54) is 31.2 Å². The van der Waals surface area contributed by atoms with E-state index in [-0.39, 0.29) is 18.4 Å². The number of esters is 1. The molecule has 26 heavy (non-hydrogen) atoms. The van der Waals surface area contributed by atoms with Crippen LogP contribution in [-0.2, 0) is 19.1 Å². The minimum Gasteiger partial charge on any atom is -0.452 e. The number of nitrogens with one attached hydrogen (secondary N) is 1. The van der Waals surface area contributed by atoms with E-state index >= 15 is 0 Å². The van der Waals surface area contributed by atoms with Crippen molar-refractivity contribution in [3.63, 3.8) is 0 Å². The molecule has 1 heterocycles. The lowest BCUT2D eigenvalue weighted by Crippen LogP contribution is -2.35. The maximum absolute atomic E-state index is 12.2. The van der Waals surface area contributed by atoms with Crippen LogP contribution in [0.2, 0.25) is 0 Å². The molecule has 0 aliphatic carbocycles. The smallest absolute Gasteiger partial charge is 0.312 e. The molecule has 1 aromatic rings. The van der Waals surface area contributed by atoms with E-state index in [0.717, 1.165) is 0 Å². The number of carbonyl (C=O) groups is 4. The normalized spacial score (nSPS) is 17.9. The molecule has 2 atom stereocenters. The van der Waals surface area contributed by atoms with Gasteiger partial charge in [-0.25, -0.2) is 0 Å². The summed E-state index contributed by atoms with van der Waals surface area (Å²) in [6.07, 6.45) is -0.915. The first-order valence-electron chi connectivity index (χ1n) is 8.39. The lowest BCUT2D eigenvalue weighted by atomic mass is 10.1. The summed E-state index contributed by atoms with van der Waals surface area (Å²) < 4.78 is 5.20. The molecule has 0 aromatic heterocycles. The van der Waals surface area contributed by atoms with E-state index in [0.29, 0.717) is 17.8 Å². The fourth-order valence-corrected chi connectivity index (χ4v) is 2.67. The topological polar surface area (TPSA) is 119 Å². The molecule has 1 saturated heterocycles. The molecule has 1 aliphatic heterocycles. The molecule has 0 saturated carbocycles. The monoisotopic (exact) mass is 361 g/mol. The summed E-state index contributed by atoms with van der Waals surface area (Å²) in [6.45, 7) is 5.52. The van der Waals surface area contributed by atoms with Crippen molar-refractivity contribution >= 4 is 29.4 Å². The van der Waals surface area contributed by atoms with Crippen molar-refractivity contribution in [2.45, 2.75) is 39.3 Å². The molecule has 0 spiro atoms. The van der Waals surface area contributed by atoms with Crippen LogP contribution in [0.5, 0.6) is 0 Å². The lowest BCUT2D eigenvalue weighted by molar-refractivity contribution is -0.157. The second-order valence-corrected chi connectivity index (χ2v) is 6.55. The fourth-order valence-electron chi connectivity index (χ4n) is 2.67. The van der Waals surface area contributed by atoms with Gasteiger partial charge in [-0.1, -0.05) is 0 Å². The van der Waals surface area contributed by atoms with Gasteiger partial charge in [0.25, 0.3) is 5.91 Å². The number of rotatable bonds is 6. The standard InChI is InChI=1S/C18H23N3O5/c1-10(2)21-9-13(8-15(21)22)18(25)26-11(3)17(24)20-14-6-4-12(5-7-14)16(19)23/h4-7,10-11,13H,8-9H2,1-3H3,(H2,19,23)(H,20,24). The Morgan fingerprint density at radius 2 is 1.81 bits per heavy atom. The number of likely N-dealkylation sites (tertiary alicyclic amines) is 1. The van der Waals surface area contributed by atoms with Gasteiger partial charge >= 0.3 is 5.97 Å². The van der Waals surface area contributed by atoms with Crippen molar-refractivity contribution in [3.05, 3.63) is 29.8 Å². The number of anilines is 1. The Morgan fingerprint density at radius 3 is 2.31 bits per heavy atom. The van der Waals surface area contributed by atoms with E-state index in [2.05, 4.69) is 5.32 Å². The summed E-state index contributed by atoms with van der Waals surface area (Å²) in [6, 6.07) is 6.05. The Balaban J connectivity index is 1.89. The van der Waals surface area contributed by atoms with Gasteiger partial charge in [0, 0.05) is 30.3 Å². The SMILES string of the molecule is CC(OC(=O)C1CC(=O)N(C(C)C)C1)C(=O)Nc1ccc(C(N)=O)cc1. The van der Waals surface area contributed by atoms with Gasteiger partial charge < -0.3 is 20.7 Å². The summed E-state index contributed by atoms with van der Waals surface area (Å²) >= 11 is 0. The average Bonchev–Trinajstić information content (AvgIpc) is 2.97. The van der Waals surface area contributed by atoms with Gasteiger partial charge in [-0.3, -0.25) is 19.2 Å². The zero-order chi connectivity index (χ0) is 19.4. The Kier molecular flexibility index (Phi) is 5.97. The molecule has 2 rings (SSSR count). The molecule has 1 aromatic carbocycles.